The number of esters is 1. The fraction of sp³-hybridized carbons (Fsp3) is 0.591. The Balaban J connectivity index is 0.00000870. The summed E-state index contributed by atoms with van der Waals surface area (Å²) >= 11 is 0. The number of H-pyrrole nitrogens is 1. The second-order valence-electron chi connectivity index (χ2n) is 16.1. The molecule has 1 N–H and O–H groups in total. The minimum atomic E-state index is -1.04. The second kappa shape index (κ2) is 21.6. The van der Waals surface area contributed by atoms with Gasteiger partial charge in [0.15, 0.2) is 6.10 Å². The number of azo groups is 1. The first-order chi connectivity index (χ1) is 26.7. The van der Waals surface area contributed by atoms with Crippen LogP contribution in [0, 0.1) is 11.8 Å². The number of nitrogens with one attached hydrogen (secondary N) is 1. The number of anilines is 1. The van der Waals surface area contributed by atoms with Crippen LogP contribution in [-0.2, 0) is 31.0 Å². The number of imidazole rings is 1. The molecule has 1 aliphatic heterocycles. The molecular formula is C44H66ClN7O5. The molecule has 6 unspecified atom stereocenters. The fourth-order valence-electron chi connectivity index (χ4n) is 7.55. The van der Waals surface area contributed by atoms with Gasteiger partial charge in [0.05, 0.1) is 37.1 Å². The van der Waals surface area contributed by atoms with Crippen LogP contribution in [0.2, 0.25) is 0 Å². The number of hydroxylamine groups is 2. The molecule has 0 radical (unpaired) electrons. The first kappa shape index (κ1) is 47.2. The Morgan fingerprint density at radius 3 is 2.26 bits per heavy atom. The van der Waals surface area contributed by atoms with E-state index < -0.39 is 29.1 Å². The molecule has 4 rings (SSSR count). The summed E-state index contributed by atoms with van der Waals surface area (Å²) in [5, 5.41) is 10.6. The molecule has 1 saturated heterocycles. The number of rotatable bonds is 20. The van der Waals surface area contributed by atoms with Crippen LogP contribution in [0.15, 0.2) is 77.2 Å². The number of piperidine rings is 1. The Kier molecular flexibility index (Phi) is 17.9. The number of unbranched alkanes of at least 4 members (excludes halogenated alkanes) is 1. The van der Waals surface area contributed by atoms with Crippen molar-refractivity contribution < 1.29 is 41.3 Å². The second-order valence-corrected chi connectivity index (χ2v) is 16.1. The Hall–Kier alpha value is -4.13. The van der Waals surface area contributed by atoms with Crippen molar-refractivity contribution in [3.05, 3.63) is 72.6 Å². The van der Waals surface area contributed by atoms with E-state index in [-0.39, 0.29) is 49.0 Å². The SMILES string of the molecule is CCCCOC(=O)C(CC(CC(C)c1ccccc1)C(=O)N(C)CCN(C)c1ccc(N=Nc2[nH+]ccn2C)cc1)ON1C(C)(CC)CC(=O)C(C)C1(C)CC.[Cl-]. The number of ether oxygens (including phenoxy) is 1. The molecule has 0 aliphatic carbocycles. The largest absolute Gasteiger partial charge is 1.00 e. The van der Waals surface area contributed by atoms with E-state index in [4.69, 9.17) is 9.57 Å². The van der Waals surface area contributed by atoms with Gasteiger partial charge in [0.25, 0.3) is 0 Å². The molecule has 6 atom stereocenters. The van der Waals surface area contributed by atoms with Gasteiger partial charge in [-0.1, -0.05) is 76.5 Å². The zero-order chi connectivity index (χ0) is 41.0. The van der Waals surface area contributed by atoms with Gasteiger partial charge in [-0.05, 0) is 81.7 Å². The van der Waals surface area contributed by atoms with Gasteiger partial charge in [0.2, 0.25) is 5.91 Å². The van der Waals surface area contributed by atoms with E-state index in [0.29, 0.717) is 44.7 Å². The van der Waals surface area contributed by atoms with E-state index in [2.05, 4.69) is 53.0 Å². The lowest BCUT2D eigenvalue weighted by Crippen LogP contribution is -3.00. The molecule has 57 heavy (non-hydrogen) atoms. The Bertz CT molecular complexity index is 1750. The van der Waals surface area contributed by atoms with Crippen molar-refractivity contribution in [3.63, 3.8) is 0 Å². The van der Waals surface area contributed by atoms with E-state index in [1.165, 1.54) is 0 Å². The normalized spacial score (nSPS) is 21.4. The summed E-state index contributed by atoms with van der Waals surface area (Å²) in [6.45, 7) is 15.7. The third kappa shape index (κ3) is 12.0. The van der Waals surface area contributed by atoms with Crippen LogP contribution in [0.5, 0.6) is 0 Å². The van der Waals surface area contributed by atoms with Crippen molar-refractivity contribution >= 4 is 35.0 Å². The highest BCUT2D eigenvalue weighted by Crippen LogP contribution is 2.45. The van der Waals surface area contributed by atoms with Crippen molar-refractivity contribution in [2.45, 2.75) is 117 Å². The number of carbonyl (C=O) groups is 3. The van der Waals surface area contributed by atoms with Crippen molar-refractivity contribution in [2.24, 2.45) is 29.1 Å². The maximum Gasteiger partial charge on any atom is 0.418 e. The molecule has 1 aromatic heterocycles. The number of hydrogen-bond donors (Lipinski definition) is 0. The van der Waals surface area contributed by atoms with Gasteiger partial charge in [-0.3, -0.25) is 14.4 Å². The summed E-state index contributed by atoms with van der Waals surface area (Å²) in [5.74, 6) is -0.475. The molecule has 1 fully saturated rings. The summed E-state index contributed by atoms with van der Waals surface area (Å²) in [6, 6.07) is 18.0. The van der Waals surface area contributed by atoms with Crippen molar-refractivity contribution in [2.75, 3.05) is 38.7 Å². The van der Waals surface area contributed by atoms with Crippen LogP contribution in [0.25, 0.3) is 0 Å². The molecule has 2 heterocycles. The van der Waals surface area contributed by atoms with E-state index in [9.17, 15) is 14.4 Å². The average molecular weight is 809 g/mol. The minimum absolute atomic E-state index is 0. The summed E-state index contributed by atoms with van der Waals surface area (Å²) in [5.41, 5.74) is 1.56. The van der Waals surface area contributed by atoms with Crippen LogP contribution in [0.1, 0.15) is 105 Å². The molecule has 12 nitrogen and oxygen atoms in total. The average Bonchev–Trinajstić information content (AvgIpc) is 3.63. The number of carbonyl (C=O) groups excluding carboxylic acids is 3. The van der Waals surface area contributed by atoms with Gasteiger partial charge in [-0.2, -0.15) is 5.06 Å². The Labute approximate surface area is 346 Å². The number of nitrogens with zero attached hydrogens (tertiary/aromatic N) is 6. The van der Waals surface area contributed by atoms with Crippen LogP contribution in [0.3, 0.4) is 0 Å². The molecule has 0 saturated carbocycles. The highest BCUT2D eigenvalue weighted by Gasteiger charge is 2.55. The lowest BCUT2D eigenvalue weighted by molar-refractivity contribution is -0.362. The number of benzene rings is 2. The zero-order valence-electron chi connectivity index (χ0n) is 35.8. The molecule has 314 valence electrons. The summed E-state index contributed by atoms with van der Waals surface area (Å²) in [7, 11) is 5.73. The van der Waals surface area contributed by atoms with Gasteiger partial charge in [0.1, 0.15) is 11.5 Å². The van der Waals surface area contributed by atoms with Crippen molar-refractivity contribution in [3.8, 4) is 0 Å². The fourth-order valence-corrected chi connectivity index (χ4v) is 7.55. The van der Waals surface area contributed by atoms with Crippen LogP contribution < -0.4 is 22.3 Å². The third-order valence-corrected chi connectivity index (χ3v) is 12.0. The molecule has 0 bridgehead atoms. The number of aromatic amines is 1. The van der Waals surface area contributed by atoms with Crippen molar-refractivity contribution in [1.29, 1.82) is 0 Å². The molecular weight excluding hydrogens is 742 g/mol. The number of ketones is 1. The summed E-state index contributed by atoms with van der Waals surface area (Å²) in [4.78, 5) is 55.8. The standard InChI is InChI=1S/C44H65N7O5.ClH/c1-11-14-28-55-41(54)39(56-51-43(6,12-2)31-38(52)33(5)44(51,7)13-3)30-35(29-32(4)34-18-16-15-17-19-34)40(53)49(9)27-26-48(8)37-22-20-36(21-23-37)46-47-42-45-24-25-50(42)10;/h15-25,32-33,35,39H,11-14,26-31H2,1-10H3;1H. The monoisotopic (exact) mass is 807 g/mol. The number of aryl methyl sites for hydroxylation is 1. The predicted molar refractivity (Wildman–Crippen MR) is 220 cm³/mol. The highest BCUT2D eigenvalue weighted by molar-refractivity contribution is 5.84. The summed E-state index contributed by atoms with van der Waals surface area (Å²) in [6.07, 6.45) is 6.55. The molecule has 3 aromatic rings. The van der Waals surface area contributed by atoms with Gasteiger partial charge in [-0.15, -0.1) is 0 Å². The van der Waals surface area contributed by atoms with Gasteiger partial charge < -0.3 is 26.9 Å². The molecule has 0 spiro atoms. The van der Waals surface area contributed by atoms with Crippen molar-refractivity contribution in [1.82, 2.24) is 14.5 Å². The van der Waals surface area contributed by atoms with Gasteiger partial charge in [-0.25, -0.2) is 14.3 Å². The van der Waals surface area contributed by atoms with Crippen LogP contribution in [0.4, 0.5) is 17.3 Å². The highest BCUT2D eigenvalue weighted by atomic mass is 35.5. The first-order valence-corrected chi connectivity index (χ1v) is 20.4. The van der Waals surface area contributed by atoms with E-state index in [1.807, 2.05) is 107 Å². The van der Waals surface area contributed by atoms with Gasteiger partial charge >= 0.3 is 11.9 Å². The number of hydrogen-bond acceptors (Lipinski definition) is 9. The van der Waals surface area contributed by atoms with Crippen LogP contribution in [-0.4, -0.2) is 83.2 Å². The molecule has 13 heteroatoms. The lowest BCUT2D eigenvalue weighted by atomic mass is 9.70. The quantitative estimate of drug-likeness (QED) is 0.0870. The van der Waals surface area contributed by atoms with E-state index >= 15 is 0 Å². The van der Waals surface area contributed by atoms with E-state index in [0.717, 1.165) is 29.8 Å². The number of amides is 1. The molecule has 2 aromatic carbocycles. The molecule has 1 aliphatic rings. The minimum Gasteiger partial charge on any atom is -1.00 e. The van der Waals surface area contributed by atoms with Gasteiger partial charge in [0, 0.05) is 56.2 Å². The number of halogens is 1. The predicted octanol–water partition coefficient (Wildman–Crippen LogP) is 5.25. The molecule has 1 amide bonds. The number of likely N-dealkylation sites (N-methyl/N-ethyl adjacent to an activating group) is 2. The third-order valence-electron chi connectivity index (χ3n) is 12.0. The summed E-state index contributed by atoms with van der Waals surface area (Å²) < 4.78 is 7.69. The maximum atomic E-state index is 14.6. The zero-order valence-corrected chi connectivity index (χ0v) is 36.6. The van der Waals surface area contributed by atoms with E-state index in [1.54, 1.807) is 11.1 Å². The first-order valence-electron chi connectivity index (χ1n) is 20.4. The smallest absolute Gasteiger partial charge is 0.418 e. The topological polar surface area (TPSA) is 123 Å². The Morgan fingerprint density at radius 2 is 1.67 bits per heavy atom. The Morgan fingerprint density at radius 1 is 0.982 bits per heavy atom. The lowest BCUT2D eigenvalue weighted by Gasteiger charge is -2.56. The van der Waals surface area contributed by atoms with Crippen LogP contribution >= 0.6 is 0 Å². The number of aromatic nitrogens is 2. The number of Topliss-reactive ketones (excluding diaryl/α,β-unsaturated/α-hetero) is 1. The maximum absolute atomic E-state index is 14.6.